The van der Waals surface area contributed by atoms with Crippen LogP contribution in [-0.4, -0.2) is 16.1 Å². The van der Waals surface area contributed by atoms with Crippen molar-refractivity contribution in [2.75, 3.05) is 0 Å². The van der Waals surface area contributed by atoms with Crippen molar-refractivity contribution in [2.45, 2.75) is 58.3 Å². The summed E-state index contributed by atoms with van der Waals surface area (Å²) in [5.41, 5.74) is 1.30. The Hall–Kier alpha value is -1.16. The molecule has 1 N–H and O–H groups in total. The lowest BCUT2D eigenvalue weighted by atomic mass is 10.1. The van der Waals surface area contributed by atoms with E-state index in [1.165, 1.54) is 49.9 Å². The van der Waals surface area contributed by atoms with Gasteiger partial charge in [0.15, 0.2) is 0 Å². The van der Waals surface area contributed by atoms with E-state index in [0.717, 1.165) is 17.1 Å². The van der Waals surface area contributed by atoms with Crippen LogP contribution in [0.4, 0.5) is 0 Å². The lowest BCUT2D eigenvalue weighted by Crippen LogP contribution is -2.02. The number of carbonyl (C=O) groups is 1. The summed E-state index contributed by atoms with van der Waals surface area (Å²) in [4.78, 5) is 15.1. The fourth-order valence-electron chi connectivity index (χ4n) is 1.89. The third-order valence-electron chi connectivity index (χ3n) is 3.05. The van der Waals surface area contributed by atoms with Crippen molar-refractivity contribution in [1.82, 2.24) is 4.98 Å². The SMILES string of the molecule is C=C(Cc1nc(CCCCCCCC)cs1)C(=O)O. The molecule has 0 fully saturated rings. The Kier molecular flexibility index (Phi) is 7.41. The maximum atomic E-state index is 10.7. The number of aromatic nitrogens is 1. The number of aryl methyl sites for hydroxylation is 1. The standard InChI is InChI=1S/C15H23NO2S/c1-3-4-5-6-7-8-9-13-11-19-14(16-13)10-12(2)15(17)18/h11H,2-10H2,1H3,(H,17,18). The second-order valence-electron chi connectivity index (χ2n) is 4.84. The first kappa shape index (κ1) is 15.9. The van der Waals surface area contributed by atoms with Gasteiger partial charge >= 0.3 is 5.97 Å². The van der Waals surface area contributed by atoms with E-state index < -0.39 is 5.97 Å². The molecule has 0 bridgehead atoms. The van der Waals surface area contributed by atoms with Crippen molar-refractivity contribution in [2.24, 2.45) is 0 Å². The highest BCUT2D eigenvalue weighted by Gasteiger charge is 2.08. The number of nitrogens with zero attached hydrogens (tertiary/aromatic N) is 1. The summed E-state index contributed by atoms with van der Waals surface area (Å²) in [5.74, 6) is -0.937. The van der Waals surface area contributed by atoms with Crippen LogP contribution < -0.4 is 0 Å². The first-order valence-corrected chi connectivity index (χ1v) is 7.85. The Bertz CT molecular complexity index is 412. The summed E-state index contributed by atoms with van der Waals surface area (Å²) in [6.45, 7) is 5.75. The van der Waals surface area contributed by atoms with E-state index in [0.29, 0.717) is 6.42 Å². The molecule has 0 saturated carbocycles. The van der Waals surface area contributed by atoms with Gasteiger partial charge in [-0.25, -0.2) is 9.78 Å². The average molecular weight is 281 g/mol. The van der Waals surface area contributed by atoms with Crippen LogP contribution in [-0.2, 0) is 17.6 Å². The fraction of sp³-hybridized carbons (Fsp3) is 0.600. The third-order valence-corrected chi connectivity index (χ3v) is 3.95. The Morgan fingerprint density at radius 3 is 2.68 bits per heavy atom. The van der Waals surface area contributed by atoms with Gasteiger partial charge in [-0.1, -0.05) is 45.6 Å². The molecule has 0 aliphatic heterocycles. The van der Waals surface area contributed by atoms with Crippen molar-refractivity contribution in [3.63, 3.8) is 0 Å². The number of carboxylic acid groups (broad SMARTS) is 1. The van der Waals surface area contributed by atoms with Crippen molar-refractivity contribution in [3.8, 4) is 0 Å². The van der Waals surface area contributed by atoms with Gasteiger partial charge in [-0.3, -0.25) is 0 Å². The second-order valence-corrected chi connectivity index (χ2v) is 5.78. The Labute approximate surface area is 119 Å². The third kappa shape index (κ3) is 6.53. The summed E-state index contributed by atoms with van der Waals surface area (Å²) in [6, 6.07) is 0. The summed E-state index contributed by atoms with van der Waals surface area (Å²) < 4.78 is 0. The first-order chi connectivity index (χ1) is 9.13. The lowest BCUT2D eigenvalue weighted by Gasteiger charge is -1.99. The molecule has 19 heavy (non-hydrogen) atoms. The van der Waals surface area contributed by atoms with Crippen LogP contribution >= 0.6 is 11.3 Å². The topological polar surface area (TPSA) is 50.2 Å². The number of unbranched alkanes of at least 4 members (excludes halogenated alkanes) is 5. The minimum Gasteiger partial charge on any atom is -0.478 e. The van der Waals surface area contributed by atoms with E-state index in [9.17, 15) is 4.79 Å². The van der Waals surface area contributed by atoms with Crippen molar-refractivity contribution < 1.29 is 9.90 Å². The lowest BCUT2D eigenvalue weighted by molar-refractivity contribution is -0.132. The van der Waals surface area contributed by atoms with Crippen LogP contribution in [0.25, 0.3) is 0 Å². The van der Waals surface area contributed by atoms with E-state index in [4.69, 9.17) is 5.11 Å². The van der Waals surface area contributed by atoms with Crippen LogP contribution in [0.15, 0.2) is 17.5 Å². The molecule has 1 heterocycles. The largest absolute Gasteiger partial charge is 0.478 e. The zero-order valence-electron chi connectivity index (χ0n) is 11.7. The zero-order chi connectivity index (χ0) is 14.1. The summed E-state index contributed by atoms with van der Waals surface area (Å²) >= 11 is 1.53. The molecule has 4 heteroatoms. The number of hydrogen-bond donors (Lipinski definition) is 1. The molecule has 0 unspecified atom stereocenters. The van der Waals surface area contributed by atoms with Crippen LogP contribution in [0.2, 0.25) is 0 Å². The normalized spacial score (nSPS) is 10.6. The van der Waals surface area contributed by atoms with Gasteiger partial charge in [0, 0.05) is 17.4 Å². The smallest absolute Gasteiger partial charge is 0.331 e. The quantitative estimate of drug-likeness (QED) is 0.516. The molecule has 0 aliphatic carbocycles. The molecule has 1 aromatic rings. The van der Waals surface area contributed by atoms with Crippen molar-refractivity contribution in [3.05, 3.63) is 28.2 Å². The molecule has 106 valence electrons. The molecule has 0 aliphatic rings. The second kappa shape index (κ2) is 8.86. The molecular formula is C15H23NO2S. The maximum Gasteiger partial charge on any atom is 0.331 e. The molecule has 1 aromatic heterocycles. The highest BCUT2D eigenvalue weighted by atomic mass is 32.1. The summed E-state index contributed by atoms with van der Waals surface area (Å²) in [7, 11) is 0. The monoisotopic (exact) mass is 281 g/mol. The minimum atomic E-state index is -0.937. The maximum absolute atomic E-state index is 10.7. The molecule has 0 amide bonds. The van der Waals surface area contributed by atoms with E-state index in [1.807, 2.05) is 5.38 Å². The molecule has 0 aromatic carbocycles. The number of hydrogen-bond acceptors (Lipinski definition) is 3. The van der Waals surface area contributed by atoms with Crippen molar-refractivity contribution in [1.29, 1.82) is 0 Å². The van der Waals surface area contributed by atoms with Gasteiger partial charge in [0.05, 0.1) is 10.7 Å². The van der Waals surface area contributed by atoms with Crippen LogP contribution in [0.5, 0.6) is 0 Å². The molecule has 0 saturated heterocycles. The Morgan fingerprint density at radius 2 is 2.00 bits per heavy atom. The van der Waals surface area contributed by atoms with Gasteiger partial charge in [-0.15, -0.1) is 11.3 Å². The number of rotatable bonds is 10. The van der Waals surface area contributed by atoms with Crippen LogP contribution in [0.1, 0.15) is 56.2 Å². The molecule has 0 spiro atoms. The molecule has 0 atom stereocenters. The summed E-state index contributed by atoms with van der Waals surface area (Å²) in [6.07, 6.45) is 9.04. The fourth-order valence-corrected chi connectivity index (χ4v) is 2.76. The van der Waals surface area contributed by atoms with E-state index in [-0.39, 0.29) is 5.57 Å². The Morgan fingerprint density at radius 1 is 1.32 bits per heavy atom. The number of thiazole rings is 1. The van der Waals surface area contributed by atoms with Crippen LogP contribution in [0.3, 0.4) is 0 Å². The highest BCUT2D eigenvalue weighted by Crippen LogP contribution is 2.16. The highest BCUT2D eigenvalue weighted by molar-refractivity contribution is 7.09. The van der Waals surface area contributed by atoms with Crippen LogP contribution in [0, 0.1) is 0 Å². The predicted octanol–water partition coefficient (Wildman–Crippen LogP) is 4.23. The molecule has 0 radical (unpaired) electrons. The molecular weight excluding hydrogens is 258 g/mol. The predicted molar refractivity (Wildman–Crippen MR) is 79.7 cm³/mol. The van der Waals surface area contributed by atoms with Gasteiger partial charge in [0.1, 0.15) is 0 Å². The van der Waals surface area contributed by atoms with E-state index >= 15 is 0 Å². The summed E-state index contributed by atoms with van der Waals surface area (Å²) in [5, 5.41) is 11.7. The first-order valence-electron chi connectivity index (χ1n) is 6.97. The number of aliphatic carboxylic acids is 1. The van der Waals surface area contributed by atoms with E-state index in [1.54, 1.807) is 0 Å². The number of carboxylic acids is 1. The van der Waals surface area contributed by atoms with Crippen molar-refractivity contribution >= 4 is 17.3 Å². The van der Waals surface area contributed by atoms with Gasteiger partial charge < -0.3 is 5.11 Å². The van der Waals surface area contributed by atoms with Gasteiger partial charge in [0.2, 0.25) is 0 Å². The zero-order valence-corrected chi connectivity index (χ0v) is 12.5. The van der Waals surface area contributed by atoms with Gasteiger partial charge in [-0.05, 0) is 12.8 Å². The Balaban J connectivity index is 2.23. The van der Waals surface area contributed by atoms with Gasteiger partial charge in [-0.2, -0.15) is 0 Å². The average Bonchev–Trinajstić information content (AvgIpc) is 2.81. The minimum absolute atomic E-state index is 0.209. The molecule has 1 rings (SSSR count). The van der Waals surface area contributed by atoms with E-state index in [2.05, 4.69) is 18.5 Å². The molecule has 3 nitrogen and oxygen atoms in total. The van der Waals surface area contributed by atoms with Gasteiger partial charge in [0.25, 0.3) is 0 Å².